The van der Waals surface area contributed by atoms with Gasteiger partial charge in [0, 0.05) is 26.6 Å². The monoisotopic (exact) mass is 201 g/mol. The SMILES string of the molecule is COCCNC(=O)N[C@H]1CNC(=O)C1. The van der Waals surface area contributed by atoms with Crippen LogP contribution in [0.5, 0.6) is 0 Å². The van der Waals surface area contributed by atoms with Crippen LogP contribution >= 0.6 is 0 Å². The van der Waals surface area contributed by atoms with Crippen molar-refractivity contribution in [3.8, 4) is 0 Å². The summed E-state index contributed by atoms with van der Waals surface area (Å²) in [6.45, 7) is 1.46. The van der Waals surface area contributed by atoms with Gasteiger partial charge < -0.3 is 20.7 Å². The van der Waals surface area contributed by atoms with E-state index >= 15 is 0 Å². The minimum Gasteiger partial charge on any atom is -0.383 e. The van der Waals surface area contributed by atoms with Crippen LogP contribution in [0, 0.1) is 0 Å². The van der Waals surface area contributed by atoms with Crippen LogP contribution in [0.4, 0.5) is 4.79 Å². The fourth-order valence-electron chi connectivity index (χ4n) is 1.21. The summed E-state index contributed by atoms with van der Waals surface area (Å²) in [4.78, 5) is 22.0. The van der Waals surface area contributed by atoms with Crippen LogP contribution in [0.25, 0.3) is 0 Å². The summed E-state index contributed by atoms with van der Waals surface area (Å²) >= 11 is 0. The molecule has 0 saturated carbocycles. The highest BCUT2D eigenvalue weighted by atomic mass is 16.5. The maximum atomic E-state index is 11.2. The van der Waals surface area contributed by atoms with E-state index in [2.05, 4.69) is 16.0 Å². The van der Waals surface area contributed by atoms with Gasteiger partial charge in [-0.2, -0.15) is 0 Å². The Kier molecular flexibility index (Phi) is 4.18. The summed E-state index contributed by atoms with van der Waals surface area (Å²) in [5, 5.41) is 7.93. The van der Waals surface area contributed by atoms with E-state index in [4.69, 9.17) is 4.74 Å². The molecule has 1 saturated heterocycles. The van der Waals surface area contributed by atoms with Crippen molar-refractivity contribution < 1.29 is 14.3 Å². The van der Waals surface area contributed by atoms with Crippen molar-refractivity contribution in [2.45, 2.75) is 12.5 Å². The first-order valence-corrected chi connectivity index (χ1v) is 4.52. The zero-order chi connectivity index (χ0) is 10.4. The lowest BCUT2D eigenvalue weighted by atomic mass is 10.3. The quantitative estimate of drug-likeness (QED) is 0.501. The molecule has 0 bridgehead atoms. The highest BCUT2D eigenvalue weighted by molar-refractivity contribution is 5.81. The molecule has 1 atom stereocenters. The van der Waals surface area contributed by atoms with Crippen molar-refractivity contribution >= 4 is 11.9 Å². The van der Waals surface area contributed by atoms with Gasteiger partial charge >= 0.3 is 6.03 Å². The van der Waals surface area contributed by atoms with Gasteiger partial charge in [-0.1, -0.05) is 0 Å². The first kappa shape index (κ1) is 10.8. The number of nitrogens with one attached hydrogen (secondary N) is 3. The number of amides is 3. The molecule has 6 nitrogen and oxygen atoms in total. The molecule has 0 aromatic carbocycles. The summed E-state index contributed by atoms with van der Waals surface area (Å²) in [6.07, 6.45) is 0.359. The summed E-state index contributed by atoms with van der Waals surface area (Å²) in [5.41, 5.74) is 0. The molecule has 3 N–H and O–H groups in total. The van der Waals surface area contributed by atoms with Crippen LogP contribution in [-0.4, -0.2) is 44.8 Å². The second kappa shape index (κ2) is 5.43. The third-order valence-corrected chi connectivity index (χ3v) is 1.90. The first-order chi connectivity index (χ1) is 6.72. The van der Waals surface area contributed by atoms with Crippen molar-refractivity contribution in [2.75, 3.05) is 26.8 Å². The first-order valence-electron chi connectivity index (χ1n) is 4.52. The van der Waals surface area contributed by atoms with E-state index in [9.17, 15) is 9.59 Å². The molecule has 1 fully saturated rings. The molecule has 1 aliphatic heterocycles. The number of hydrogen-bond donors (Lipinski definition) is 3. The van der Waals surface area contributed by atoms with Crippen LogP contribution in [0.1, 0.15) is 6.42 Å². The van der Waals surface area contributed by atoms with Crippen LogP contribution in [0.3, 0.4) is 0 Å². The minimum atomic E-state index is -0.261. The van der Waals surface area contributed by atoms with Crippen molar-refractivity contribution in [3.05, 3.63) is 0 Å². The number of carbonyl (C=O) groups is 2. The Morgan fingerprint density at radius 2 is 2.50 bits per heavy atom. The van der Waals surface area contributed by atoms with E-state index < -0.39 is 0 Å². The fraction of sp³-hybridized carbons (Fsp3) is 0.750. The molecule has 0 spiro atoms. The molecule has 3 amide bonds. The fourth-order valence-corrected chi connectivity index (χ4v) is 1.21. The van der Waals surface area contributed by atoms with Crippen LogP contribution in [0.15, 0.2) is 0 Å². The van der Waals surface area contributed by atoms with Gasteiger partial charge in [0.15, 0.2) is 0 Å². The predicted octanol–water partition coefficient (Wildman–Crippen LogP) is -1.18. The van der Waals surface area contributed by atoms with Crippen LogP contribution in [-0.2, 0) is 9.53 Å². The van der Waals surface area contributed by atoms with Crippen molar-refractivity contribution in [2.24, 2.45) is 0 Å². The molecule has 0 unspecified atom stereocenters. The van der Waals surface area contributed by atoms with E-state index in [1.165, 1.54) is 0 Å². The second-order valence-corrected chi connectivity index (χ2v) is 3.10. The average Bonchev–Trinajstić information content (AvgIpc) is 2.52. The molecular weight excluding hydrogens is 186 g/mol. The average molecular weight is 201 g/mol. The molecule has 0 aromatic rings. The van der Waals surface area contributed by atoms with Crippen molar-refractivity contribution in [1.82, 2.24) is 16.0 Å². The number of methoxy groups -OCH3 is 1. The molecule has 0 radical (unpaired) electrons. The minimum absolute atomic E-state index is 0.0211. The maximum absolute atomic E-state index is 11.2. The molecule has 80 valence electrons. The van der Waals surface area contributed by atoms with Gasteiger partial charge in [-0.05, 0) is 0 Å². The zero-order valence-electron chi connectivity index (χ0n) is 8.13. The van der Waals surface area contributed by atoms with Gasteiger partial charge in [0.1, 0.15) is 0 Å². The Morgan fingerprint density at radius 1 is 1.71 bits per heavy atom. The van der Waals surface area contributed by atoms with E-state index in [0.717, 1.165) is 0 Å². The Labute approximate surface area is 82.4 Å². The maximum Gasteiger partial charge on any atom is 0.315 e. The summed E-state index contributed by atoms with van der Waals surface area (Å²) in [6, 6.07) is -0.353. The zero-order valence-corrected chi connectivity index (χ0v) is 8.13. The summed E-state index contributed by atoms with van der Waals surface area (Å²) in [7, 11) is 1.57. The molecule has 1 heterocycles. The molecule has 1 aliphatic rings. The standard InChI is InChI=1S/C8H15N3O3/c1-14-3-2-9-8(13)11-6-4-7(12)10-5-6/h6H,2-5H2,1H3,(H,10,12)(H2,9,11,13)/t6-/m1/s1. The third-order valence-electron chi connectivity index (χ3n) is 1.90. The molecule has 1 rings (SSSR count). The van der Waals surface area contributed by atoms with Gasteiger partial charge in [-0.3, -0.25) is 4.79 Å². The number of ether oxygens (including phenoxy) is 1. The Hall–Kier alpha value is -1.30. The normalized spacial score (nSPS) is 20.4. The summed E-state index contributed by atoms with van der Waals surface area (Å²) in [5.74, 6) is -0.0211. The van der Waals surface area contributed by atoms with E-state index in [-0.39, 0.29) is 18.0 Å². The van der Waals surface area contributed by atoms with Crippen LogP contribution in [0.2, 0.25) is 0 Å². The lowest BCUT2D eigenvalue weighted by Gasteiger charge is -2.11. The van der Waals surface area contributed by atoms with Gasteiger partial charge in [0.2, 0.25) is 5.91 Å². The molecule has 0 aromatic heterocycles. The highest BCUT2D eigenvalue weighted by Crippen LogP contribution is 1.97. The van der Waals surface area contributed by atoms with Gasteiger partial charge in [-0.15, -0.1) is 0 Å². The van der Waals surface area contributed by atoms with Crippen molar-refractivity contribution in [1.29, 1.82) is 0 Å². The number of carbonyl (C=O) groups excluding carboxylic acids is 2. The molecular formula is C8H15N3O3. The largest absolute Gasteiger partial charge is 0.383 e. The van der Waals surface area contributed by atoms with E-state index in [1.807, 2.05) is 0 Å². The van der Waals surface area contributed by atoms with Gasteiger partial charge in [0.25, 0.3) is 0 Å². The van der Waals surface area contributed by atoms with Crippen molar-refractivity contribution in [3.63, 3.8) is 0 Å². The topological polar surface area (TPSA) is 79.5 Å². The predicted molar refractivity (Wildman–Crippen MR) is 49.8 cm³/mol. The smallest absolute Gasteiger partial charge is 0.315 e. The Bertz CT molecular complexity index is 220. The lowest BCUT2D eigenvalue weighted by Crippen LogP contribution is -2.43. The molecule has 14 heavy (non-hydrogen) atoms. The van der Waals surface area contributed by atoms with E-state index in [0.29, 0.717) is 26.1 Å². The lowest BCUT2D eigenvalue weighted by molar-refractivity contribution is -0.119. The Balaban J connectivity index is 2.11. The number of urea groups is 1. The third kappa shape index (κ3) is 3.61. The number of rotatable bonds is 4. The van der Waals surface area contributed by atoms with Crippen LogP contribution < -0.4 is 16.0 Å². The Morgan fingerprint density at radius 3 is 3.07 bits per heavy atom. The van der Waals surface area contributed by atoms with Gasteiger partial charge in [0.05, 0.1) is 12.6 Å². The molecule has 0 aliphatic carbocycles. The molecule has 6 heteroatoms. The highest BCUT2D eigenvalue weighted by Gasteiger charge is 2.22. The summed E-state index contributed by atoms with van der Waals surface area (Å²) < 4.78 is 4.77. The van der Waals surface area contributed by atoms with E-state index in [1.54, 1.807) is 7.11 Å². The second-order valence-electron chi connectivity index (χ2n) is 3.10. The van der Waals surface area contributed by atoms with Gasteiger partial charge in [-0.25, -0.2) is 4.79 Å². The number of hydrogen-bond acceptors (Lipinski definition) is 3.